The van der Waals surface area contributed by atoms with Gasteiger partial charge < -0.3 is 15.7 Å². The molecule has 0 bridgehead atoms. The van der Waals surface area contributed by atoms with Crippen molar-refractivity contribution < 1.29 is 18.7 Å². The summed E-state index contributed by atoms with van der Waals surface area (Å²) in [5.41, 5.74) is 5.53. The molecule has 1 atom stereocenters. The van der Waals surface area contributed by atoms with Gasteiger partial charge in [0.15, 0.2) is 0 Å². The SMILES string of the molecule is CN(Cc1ccc(F)cc1F)C(=O)C(N)CO. The van der Waals surface area contributed by atoms with Crippen molar-refractivity contribution in [2.45, 2.75) is 12.6 Å². The molecule has 0 aliphatic rings. The van der Waals surface area contributed by atoms with Crippen LogP contribution in [0.15, 0.2) is 18.2 Å². The molecule has 0 aliphatic carbocycles. The Morgan fingerprint density at radius 3 is 2.71 bits per heavy atom. The first-order valence-electron chi connectivity index (χ1n) is 5.01. The number of carbonyl (C=O) groups excluding carboxylic acids is 1. The standard InChI is InChI=1S/C11H14F2N2O2/c1-15(11(17)10(14)6-16)5-7-2-3-8(12)4-9(7)13/h2-4,10,16H,5-6,14H2,1H3. The third kappa shape index (κ3) is 3.47. The number of hydrogen-bond donors (Lipinski definition) is 2. The zero-order chi connectivity index (χ0) is 13.0. The van der Waals surface area contributed by atoms with Gasteiger partial charge in [-0.15, -0.1) is 0 Å². The maximum atomic E-state index is 13.3. The van der Waals surface area contributed by atoms with Crippen LogP contribution in [-0.4, -0.2) is 35.6 Å². The highest BCUT2D eigenvalue weighted by molar-refractivity contribution is 5.81. The largest absolute Gasteiger partial charge is 0.394 e. The second-order valence-corrected chi connectivity index (χ2v) is 3.72. The topological polar surface area (TPSA) is 66.6 Å². The Bertz CT molecular complexity index is 412. The number of rotatable bonds is 4. The first-order valence-corrected chi connectivity index (χ1v) is 5.01. The second kappa shape index (κ2) is 5.70. The number of amides is 1. The van der Waals surface area contributed by atoms with Crippen LogP contribution in [0.2, 0.25) is 0 Å². The van der Waals surface area contributed by atoms with Gasteiger partial charge >= 0.3 is 0 Å². The summed E-state index contributed by atoms with van der Waals surface area (Å²) >= 11 is 0. The first-order chi connectivity index (χ1) is 7.95. The molecule has 0 heterocycles. The van der Waals surface area contributed by atoms with E-state index in [9.17, 15) is 13.6 Å². The number of hydrogen-bond acceptors (Lipinski definition) is 3. The van der Waals surface area contributed by atoms with E-state index in [1.54, 1.807) is 0 Å². The van der Waals surface area contributed by atoms with Gasteiger partial charge in [0.2, 0.25) is 5.91 Å². The lowest BCUT2D eigenvalue weighted by molar-refractivity contribution is -0.132. The molecule has 0 saturated carbocycles. The monoisotopic (exact) mass is 244 g/mol. The Hall–Kier alpha value is -1.53. The Kier molecular flexibility index (Phi) is 4.53. The third-order valence-corrected chi connectivity index (χ3v) is 2.31. The zero-order valence-corrected chi connectivity index (χ0v) is 9.36. The first kappa shape index (κ1) is 13.5. The van der Waals surface area contributed by atoms with Crippen molar-refractivity contribution in [3.63, 3.8) is 0 Å². The van der Waals surface area contributed by atoms with Crippen molar-refractivity contribution in [2.24, 2.45) is 5.73 Å². The Balaban J connectivity index is 2.74. The summed E-state index contributed by atoms with van der Waals surface area (Å²) in [6, 6.07) is 2.10. The zero-order valence-electron chi connectivity index (χ0n) is 9.36. The maximum absolute atomic E-state index is 13.3. The van der Waals surface area contributed by atoms with E-state index in [0.29, 0.717) is 0 Å². The van der Waals surface area contributed by atoms with Crippen LogP contribution < -0.4 is 5.73 Å². The fourth-order valence-corrected chi connectivity index (χ4v) is 1.34. The van der Waals surface area contributed by atoms with Gasteiger partial charge in [-0.1, -0.05) is 6.07 Å². The van der Waals surface area contributed by atoms with E-state index < -0.39 is 30.2 Å². The molecule has 3 N–H and O–H groups in total. The number of likely N-dealkylation sites (N-methyl/N-ethyl adjacent to an activating group) is 1. The minimum absolute atomic E-state index is 0.0291. The van der Waals surface area contributed by atoms with Crippen molar-refractivity contribution in [3.8, 4) is 0 Å². The van der Waals surface area contributed by atoms with Gasteiger partial charge in [-0.3, -0.25) is 4.79 Å². The van der Waals surface area contributed by atoms with E-state index in [1.165, 1.54) is 18.0 Å². The fraction of sp³-hybridized carbons (Fsp3) is 0.364. The van der Waals surface area contributed by atoms with E-state index >= 15 is 0 Å². The van der Waals surface area contributed by atoms with E-state index in [0.717, 1.165) is 12.1 Å². The minimum Gasteiger partial charge on any atom is -0.394 e. The molecule has 0 aromatic heterocycles. The lowest BCUT2D eigenvalue weighted by atomic mass is 10.2. The minimum atomic E-state index is -1.02. The Labute approximate surface area is 97.6 Å². The molecule has 1 amide bonds. The van der Waals surface area contributed by atoms with E-state index in [4.69, 9.17) is 10.8 Å². The van der Waals surface area contributed by atoms with E-state index in [2.05, 4.69) is 0 Å². The molecule has 0 radical (unpaired) electrons. The number of nitrogens with zero attached hydrogens (tertiary/aromatic N) is 1. The average molecular weight is 244 g/mol. The lowest BCUT2D eigenvalue weighted by Crippen LogP contribution is -2.43. The van der Waals surface area contributed by atoms with Crippen molar-refractivity contribution in [1.82, 2.24) is 4.90 Å². The highest BCUT2D eigenvalue weighted by Crippen LogP contribution is 2.11. The molecule has 1 rings (SSSR count). The number of nitrogens with two attached hydrogens (primary N) is 1. The Morgan fingerprint density at radius 1 is 1.53 bits per heavy atom. The van der Waals surface area contributed by atoms with Gasteiger partial charge in [-0.2, -0.15) is 0 Å². The molecule has 0 saturated heterocycles. The van der Waals surface area contributed by atoms with Gasteiger partial charge in [0, 0.05) is 25.2 Å². The molecule has 1 aromatic rings. The predicted molar refractivity (Wildman–Crippen MR) is 57.9 cm³/mol. The van der Waals surface area contributed by atoms with Crippen LogP contribution in [0.25, 0.3) is 0 Å². The number of halogens is 2. The summed E-state index contributed by atoms with van der Waals surface area (Å²) in [5, 5.41) is 8.71. The number of aliphatic hydroxyl groups excluding tert-OH is 1. The maximum Gasteiger partial charge on any atom is 0.241 e. The summed E-state index contributed by atoms with van der Waals surface area (Å²) in [4.78, 5) is 12.7. The van der Waals surface area contributed by atoms with Crippen molar-refractivity contribution in [3.05, 3.63) is 35.4 Å². The average Bonchev–Trinajstić information content (AvgIpc) is 2.30. The summed E-state index contributed by atoms with van der Waals surface area (Å²) in [6.07, 6.45) is 0. The Morgan fingerprint density at radius 2 is 2.18 bits per heavy atom. The highest BCUT2D eigenvalue weighted by atomic mass is 19.1. The summed E-state index contributed by atoms with van der Waals surface area (Å²) in [6.45, 7) is -0.506. The van der Waals surface area contributed by atoms with Gasteiger partial charge in [0.1, 0.15) is 17.7 Å². The number of aliphatic hydroxyl groups is 1. The van der Waals surface area contributed by atoms with Gasteiger partial charge in [-0.05, 0) is 6.07 Å². The quantitative estimate of drug-likeness (QED) is 0.797. The molecule has 1 unspecified atom stereocenters. The number of carbonyl (C=O) groups is 1. The van der Waals surface area contributed by atoms with Crippen LogP contribution in [0, 0.1) is 11.6 Å². The van der Waals surface area contributed by atoms with Crippen LogP contribution in [-0.2, 0) is 11.3 Å². The molecule has 6 heteroatoms. The third-order valence-electron chi connectivity index (χ3n) is 2.31. The molecular formula is C11H14F2N2O2. The van der Waals surface area contributed by atoms with Crippen LogP contribution in [0.3, 0.4) is 0 Å². The molecule has 0 fully saturated rings. The van der Waals surface area contributed by atoms with Crippen molar-refractivity contribution in [2.75, 3.05) is 13.7 Å². The summed E-state index contributed by atoms with van der Waals surface area (Å²) in [7, 11) is 1.43. The van der Waals surface area contributed by atoms with Gasteiger partial charge in [0.05, 0.1) is 6.61 Å². The summed E-state index contributed by atoms with van der Waals surface area (Å²) in [5.74, 6) is -1.90. The second-order valence-electron chi connectivity index (χ2n) is 3.72. The van der Waals surface area contributed by atoms with Crippen molar-refractivity contribution >= 4 is 5.91 Å². The predicted octanol–water partition coefficient (Wildman–Crippen LogP) is 0.243. The smallest absolute Gasteiger partial charge is 0.241 e. The molecule has 17 heavy (non-hydrogen) atoms. The normalized spacial score (nSPS) is 12.3. The fourth-order valence-electron chi connectivity index (χ4n) is 1.34. The lowest BCUT2D eigenvalue weighted by Gasteiger charge is -2.20. The van der Waals surface area contributed by atoms with Crippen LogP contribution in [0.4, 0.5) is 8.78 Å². The van der Waals surface area contributed by atoms with Crippen molar-refractivity contribution in [1.29, 1.82) is 0 Å². The van der Waals surface area contributed by atoms with Crippen LogP contribution >= 0.6 is 0 Å². The molecule has 0 spiro atoms. The molecule has 4 nitrogen and oxygen atoms in total. The van der Waals surface area contributed by atoms with Gasteiger partial charge in [0.25, 0.3) is 0 Å². The highest BCUT2D eigenvalue weighted by Gasteiger charge is 2.18. The molecule has 1 aromatic carbocycles. The van der Waals surface area contributed by atoms with Crippen LogP contribution in [0.5, 0.6) is 0 Å². The van der Waals surface area contributed by atoms with E-state index in [1.807, 2.05) is 0 Å². The van der Waals surface area contributed by atoms with E-state index in [-0.39, 0.29) is 12.1 Å². The summed E-state index contributed by atoms with van der Waals surface area (Å²) < 4.78 is 26.0. The van der Waals surface area contributed by atoms with Gasteiger partial charge in [-0.25, -0.2) is 8.78 Å². The molecular weight excluding hydrogens is 230 g/mol. The molecule has 0 aliphatic heterocycles. The van der Waals surface area contributed by atoms with Crippen LogP contribution in [0.1, 0.15) is 5.56 Å². The molecule has 94 valence electrons. The number of benzene rings is 1.